The molecule has 2 aliphatic rings. The van der Waals surface area contributed by atoms with Crippen LogP contribution in [0.1, 0.15) is 58.1 Å². The van der Waals surface area contributed by atoms with Crippen molar-refractivity contribution in [3.8, 4) is 5.88 Å². The molecule has 0 amide bonds. The summed E-state index contributed by atoms with van der Waals surface area (Å²) < 4.78 is 33.8. The Labute approximate surface area is 240 Å². The summed E-state index contributed by atoms with van der Waals surface area (Å²) in [4.78, 5) is 28.1. The maximum atomic E-state index is 14.7. The molecule has 1 saturated carbocycles. The van der Waals surface area contributed by atoms with Crippen molar-refractivity contribution in [3.05, 3.63) is 42.2 Å². The second-order valence-electron chi connectivity index (χ2n) is 11.3. The standard InChI is InChI=1S/C28H40N7O5P/c1-19(2)40-26(36)20(3)33-41(37,39-16-21-9-6-5-7-10-21)28(12-13-28)17-34-14-8-11-22(15-34)35-18-30-23-24(35)31-27(29)32-25(23)38-4/h5-7,9-10,18-20,22H,8,11-17H2,1-4H3,(H,33,37)(H2,29,31,32)/t20-,22+,41?/m0/s1. The third-order valence-corrected chi connectivity index (χ3v) is 10.8. The fraction of sp³-hybridized carbons (Fsp3) is 0.571. The summed E-state index contributed by atoms with van der Waals surface area (Å²) in [5, 5.41) is 2.52. The molecule has 5 rings (SSSR count). The number of ether oxygens (including phenoxy) is 2. The number of hydrogen-bond acceptors (Lipinski definition) is 10. The van der Waals surface area contributed by atoms with Gasteiger partial charge in [-0.1, -0.05) is 30.3 Å². The average molecular weight is 586 g/mol. The van der Waals surface area contributed by atoms with Crippen LogP contribution in [0.15, 0.2) is 36.7 Å². The number of hydrogen-bond donors (Lipinski definition) is 2. The Hall–Kier alpha value is -3.05. The number of anilines is 1. The smallest absolute Gasteiger partial charge is 0.323 e. The van der Waals surface area contributed by atoms with Crippen molar-refractivity contribution in [2.75, 3.05) is 32.5 Å². The van der Waals surface area contributed by atoms with Crippen LogP contribution in [0.2, 0.25) is 0 Å². The van der Waals surface area contributed by atoms with E-state index in [1.807, 2.05) is 34.9 Å². The van der Waals surface area contributed by atoms with Gasteiger partial charge in [-0.3, -0.25) is 9.36 Å². The normalized spacial score (nSPS) is 21.0. The molecular formula is C28H40N7O5P. The molecule has 0 radical (unpaired) electrons. The van der Waals surface area contributed by atoms with Gasteiger partial charge in [0.05, 0.1) is 31.3 Å². The second kappa shape index (κ2) is 12.1. The number of nitrogens with zero attached hydrogens (tertiary/aromatic N) is 5. The number of imidazole rings is 1. The van der Waals surface area contributed by atoms with E-state index in [1.165, 1.54) is 7.11 Å². The molecule has 3 N–H and O–H groups in total. The summed E-state index contributed by atoms with van der Waals surface area (Å²) in [6.07, 6.45) is 4.89. The van der Waals surface area contributed by atoms with Crippen LogP contribution in [0.5, 0.6) is 5.88 Å². The van der Waals surface area contributed by atoms with Gasteiger partial charge >= 0.3 is 5.97 Å². The monoisotopic (exact) mass is 585 g/mol. The number of nitrogen functional groups attached to an aromatic ring is 1. The minimum Gasteiger partial charge on any atom is -0.479 e. The van der Waals surface area contributed by atoms with Crippen molar-refractivity contribution < 1.29 is 23.4 Å². The third-order valence-electron chi connectivity index (χ3n) is 7.77. The van der Waals surface area contributed by atoms with E-state index in [2.05, 4.69) is 24.9 Å². The van der Waals surface area contributed by atoms with Crippen LogP contribution < -0.4 is 15.6 Å². The summed E-state index contributed by atoms with van der Waals surface area (Å²) >= 11 is 0. The minimum absolute atomic E-state index is 0.0982. The van der Waals surface area contributed by atoms with Crippen molar-refractivity contribution in [2.24, 2.45) is 0 Å². The molecule has 13 heteroatoms. The van der Waals surface area contributed by atoms with Gasteiger partial charge in [0.2, 0.25) is 11.8 Å². The van der Waals surface area contributed by atoms with Gasteiger partial charge in [-0.25, -0.2) is 10.1 Å². The fourth-order valence-electron chi connectivity index (χ4n) is 5.52. The highest BCUT2D eigenvalue weighted by Gasteiger charge is 2.60. The summed E-state index contributed by atoms with van der Waals surface area (Å²) in [6.45, 7) is 7.64. The zero-order valence-corrected chi connectivity index (χ0v) is 25.0. The van der Waals surface area contributed by atoms with E-state index >= 15 is 0 Å². The Morgan fingerprint density at radius 1 is 1.22 bits per heavy atom. The predicted octanol–water partition coefficient (Wildman–Crippen LogP) is 3.93. The Bertz CT molecular complexity index is 1410. The van der Waals surface area contributed by atoms with Gasteiger partial charge in [-0.15, -0.1) is 0 Å². The van der Waals surface area contributed by atoms with Crippen LogP contribution in [-0.4, -0.2) is 74.4 Å². The number of nitrogens with two attached hydrogens (primary N) is 1. The van der Waals surface area contributed by atoms with Crippen molar-refractivity contribution >= 4 is 30.6 Å². The molecule has 41 heavy (non-hydrogen) atoms. The molecule has 0 spiro atoms. The number of carbonyl (C=O) groups is 1. The molecule has 12 nitrogen and oxygen atoms in total. The SMILES string of the molecule is COc1nc(N)nc2c1ncn2[C@@H]1CCCN(CC2(P(=O)(N[C@@H](C)C(=O)OC(C)C)OCc3ccccc3)CC2)C1. The zero-order chi connectivity index (χ0) is 29.2. The molecule has 2 aromatic heterocycles. The van der Waals surface area contributed by atoms with E-state index in [-0.39, 0.29) is 24.7 Å². The molecular weight excluding hydrogens is 545 g/mol. The van der Waals surface area contributed by atoms with E-state index in [0.29, 0.717) is 23.6 Å². The first-order chi connectivity index (χ1) is 19.6. The number of methoxy groups -OCH3 is 1. The minimum atomic E-state index is -3.50. The van der Waals surface area contributed by atoms with E-state index in [1.54, 1.807) is 27.1 Å². The summed E-state index contributed by atoms with van der Waals surface area (Å²) in [7, 11) is -1.96. The highest BCUT2D eigenvalue weighted by atomic mass is 31.2. The Morgan fingerprint density at radius 3 is 2.66 bits per heavy atom. The van der Waals surface area contributed by atoms with Crippen LogP contribution in [0.3, 0.4) is 0 Å². The predicted molar refractivity (Wildman–Crippen MR) is 156 cm³/mol. The molecule has 0 bridgehead atoms. The van der Waals surface area contributed by atoms with Gasteiger partial charge in [-0.05, 0) is 58.6 Å². The van der Waals surface area contributed by atoms with Crippen molar-refractivity contribution in [3.63, 3.8) is 0 Å². The Balaban J connectivity index is 1.35. The number of piperidine rings is 1. The molecule has 3 aromatic rings. The molecule has 1 aliphatic carbocycles. The molecule has 3 heterocycles. The molecule has 3 atom stereocenters. The van der Waals surface area contributed by atoms with Crippen molar-refractivity contribution in [1.29, 1.82) is 0 Å². The van der Waals surface area contributed by atoms with Crippen LogP contribution in [-0.2, 0) is 25.2 Å². The lowest BCUT2D eigenvalue weighted by atomic mass is 10.1. The summed E-state index contributed by atoms with van der Waals surface area (Å²) in [6, 6.07) is 8.99. The van der Waals surface area contributed by atoms with Crippen LogP contribution in [0.25, 0.3) is 11.2 Å². The number of nitrogens with one attached hydrogen (secondary N) is 1. The molecule has 1 unspecified atom stereocenters. The van der Waals surface area contributed by atoms with Gasteiger partial charge in [0.25, 0.3) is 7.52 Å². The van der Waals surface area contributed by atoms with Gasteiger partial charge in [0.1, 0.15) is 6.04 Å². The van der Waals surface area contributed by atoms with E-state index in [4.69, 9.17) is 19.7 Å². The quantitative estimate of drug-likeness (QED) is 0.235. The second-order valence-corrected chi connectivity index (χ2v) is 13.9. The maximum Gasteiger partial charge on any atom is 0.323 e. The molecule has 1 saturated heterocycles. The summed E-state index contributed by atoms with van der Waals surface area (Å²) in [5.74, 6) is 0.0398. The van der Waals surface area contributed by atoms with Crippen LogP contribution in [0, 0.1) is 0 Å². The maximum absolute atomic E-state index is 14.7. The lowest BCUT2D eigenvalue weighted by molar-refractivity contribution is -0.149. The largest absolute Gasteiger partial charge is 0.479 e. The number of aromatic nitrogens is 4. The van der Waals surface area contributed by atoms with Gasteiger partial charge in [0.15, 0.2) is 11.2 Å². The van der Waals surface area contributed by atoms with E-state index in [9.17, 15) is 9.36 Å². The third kappa shape index (κ3) is 6.40. The van der Waals surface area contributed by atoms with Crippen molar-refractivity contribution in [2.45, 2.75) is 76.4 Å². The number of fused-ring (bicyclic) bond motifs is 1. The topological polar surface area (TPSA) is 147 Å². The van der Waals surface area contributed by atoms with Crippen LogP contribution >= 0.6 is 7.52 Å². The number of esters is 1. The van der Waals surface area contributed by atoms with Gasteiger partial charge < -0.3 is 29.2 Å². The van der Waals surface area contributed by atoms with Gasteiger partial charge in [-0.2, -0.15) is 9.97 Å². The first kappa shape index (κ1) is 29.4. The average Bonchev–Trinajstić information content (AvgIpc) is 3.62. The first-order valence-electron chi connectivity index (χ1n) is 14.2. The molecule has 2 fully saturated rings. The first-order valence-corrected chi connectivity index (χ1v) is 15.8. The number of rotatable bonds is 12. The van der Waals surface area contributed by atoms with Crippen molar-refractivity contribution in [1.82, 2.24) is 29.5 Å². The zero-order valence-electron chi connectivity index (χ0n) is 24.2. The highest BCUT2D eigenvalue weighted by Crippen LogP contribution is 2.69. The van der Waals surface area contributed by atoms with Gasteiger partial charge in [0, 0.05) is 19.1 Å². The lowest BCUT2D eigenvalue weighted by Gasteiger charge is -2.38. The highest BCUT2D eigenvalue weighted by molar-refractivity contribution is 7.59. The number of benzene rings is 1. The number of likely N-dealkylation sites (tertiary alicyclic amines) is 1. The molecule has 1 aromatic carbocycles. The Kier molecular flexibility index (Phi) is 8.65. The Morgan fingerprint density at radius 2 is 1.98 bits per heavy atom. The lowest BCUT2D eigenvalue weighted by Crippen LogP contribution is -2.45. The number of carbonyl (C=O) groups excluding carboxylic acids is 1. The van der Waals surface area contributed by atoms with E-state index < -0.39 is 24.7 Å². The van der Waals surface area contributed by atoms with Crippen LogP contribution in [0.4, 0.5) is 5.95 Å². The molecule has 1 aliphatic heterocycles. The van der Waals surface area contributed by atoms with E-state index in [0.717, 1.165) is 44.3 Å². The summed E-state index contributed by atoms with van der Waals surface area (Å²) in [5.41, 5.74) is 8.07. The molecule has 222 valence electrons. The fourth-order valence-corrected chi connectivity index (χ4v) is 8.17.